The first kappa shape index (κ1) is 15.8. The summed E-state index contributed by atoms with van der Waals surface area (Å²) >= 11 is 3.20. The van der Waals surface area contributed by atoms with Crippen molar-refractivity contribution in [2.45, 2.75) is 26.1 Å². The first-order valence-corrected chi connectivity index (χ1v) is 6.23. The zero-order valence-corrected chi connectivity index (χ0v) is 12.2. The van der Waals surface area contributed by atoms with E-state index in [2.05, 4.69) is 15.9 Å². The van der Waals surface area contributed by atoms with Crippen LogP contribution in [-0.4, -0.2) is 25.2 Å². The summed E-state index contributed by atoms with van der Waals surface area (Å²) in [6, 6.07) is 4.31. The van der Waals surface area contributed by atoms with Gasteiger partial charge in [-0.3, -0.25) is 4.79 Å². The molecular formula is C12H13BrF3NO2. The molecule has 0 aliphatic heterocycles. The molecule has 1 amide bonds. The number of nitrogens with zero attached hydrogens (tertiary/aromatic N) is 1. The third-order valence-electron chi connectivity index (χ3n) is 2.21. The van der Waals surface area contributed by atoms with Crippen LogP contribution in [0.4, 0.5) is 18.9 Å². The predicted molar refractivity (Wildman–Crippen MR) is 69.4 cm³/mol. The maximum absolute atomic E-state index is 12.3. The van der Waals surface area contributed by atoms with Gasteiger partial charge in [0.25, 0.3) is 0 Å². The van der Waals surface area contributed by atoms with Gasteiger partial charge < -0.3 is 9.64 Å². The van der Waals surface area contributed by atoms with Crippen molar-refractivity contribution in [3.8, 4) is 5.75 Å². The lowest BCUT2D eigenvalue weighted by Crippen LogP contribution is -2.38. The zero-order valence-electron chi connectivity index (χ0n) is 10.6. The number of amides is 1. The second-order valence-corrected chi connectivity index (χ2v) is 5.00. The number of rotatable bonds is 3. The summed E-state index contributed by atoms with van der Waals surface area (Å²) < 4.78 is 42.8. The molecule has 7 heteroatoms. The molecule has 0 saturated carbocycles. The van der Waals surface area contributed by atoms with Crippen LogP contribution < -0.4 is 9.64 Å². The van der Waals surface area contributed by atoms with Gasteiger partial charge in [0, 0.05) is 12.7 Å². The van der Waals surface area contributed by atoms with Gasteiger partial charge in [-0.15, -0.1) is 0 Å². The molecule has 19 heavy (non-hydrogen) atoms. The molecule has 0 radical (unpaired) electrons. The van der Waals surface area contributed by atoms with Crippen LogP contribution in [0.25, 0.3) is 0 Å². The molecule has 0 aliphatic rings. The second-order valence-electron chi connectivity index (χ2n) is 4.14. The fourth-order valence-corrected chi connectivity index (χ4v) is 1.82. The third kappa shape index (κ3) is 4.12. The summed E-state index contributed by atoms with van der Waals surface area (Å²) in [5.74, 6) is -1.41. The van der Waals surface area contributed by atoms with E-state index in [0.717, 1.165) is 7.05 Å². The summed E-state index contributed by atoms with van der Waals surface area (Å²) in [5.41, 5.74) is 0.130. The first-order valence-electron chi connectivity index (χ1n) is 5.44. The summed E-state index contributed by atoms with van der Waals surface area (Å²) in [4.78, 5) is 11.6. The number of benzene rings is 1. The van der Waals surface area contributed by atoms with Crippen LogP contribution in [0.15, 0.2) is 22.7 Å². The van der Waals surface area contributed by atoms with Crippen LogP contribution in [0, 0.1) is 0 Å². The Bertz CT molecular complexity index is 475. The number of hydrogen-bond acceptors (Lipinski definition) is 2. The Balaban J connectivity index is 2.98. The van der Waals surface area contributed by atoms with Crippen LogP contribution in [0.5, 0.6) is 5.75 Å². The number of carbonyl (C=O) groups excluding carboxylic acids is 1. The molecule has 0 heterocycles. The van der Waals surface area contributed by atoms with E-state index in [4.69, 9.17) is 4.74 Å². The van der Waals surface area contributed by atoms with Crippen molar-refractivity contribution in [1.82, 2.24) is 0 Å². The van der Waals surface area contributed by atoms with Gasteiger partial charge in [0.15, 0.2) is 0 Å². The molecule has 0 fully saturated rings. The minimum Gasteiger partial charge on any atom is -0.490 e. The van der Waals surface area contributed by atoms with Crippen molar-refractivity contribution in [3.63, 3.8) is 0 Å². The maximum Gasteiger partial charge on any atom is 0.471 e. The highest BCUT2D eigenvalue weighted by Gasteiger charge is 2.41. The highest BCUT2D eigenvalue weighted by atomic mass is 79.9. The number of alkyl halides is 3. The van der Waals surface area contributed by atoms with Gasteiger partial charge in [-0.2, -0.15) is 13.2 Å². The van der Waals surface area contributed by atoms with Crippen molar-refractivity contribution in [1.29, 1.82) is 0 Å². The average Bonchev–Trinajstić information content (AvgIpc) is 2.28. The molecule has 0 aliphatic carbocycles. The van der Waals surface area contributed by atoms with E-state index < -0.39 is 12.1 Å². The predicted octanol–water partition coefficient (Wildman–Crippen LogP) is 3.76. The van der Waals surface area contributed by atoms with Gasteiger partial charge in [-0.1, -0.05) is 0 Å². The van der Waals surface area contributed by atoms with Crippen molar-refractivity contribution in [2.24, 2.45) is 0 Å². The molecule has 0 saturated heterocycles. The normalized spacial score (nSPS) is 11.6. The van der Waals surface area contributed by atoms with E-state index in [1.54, 1.807) is 0 Å². The van der Waals surface area contributed by atoms with E-state index in [-0.39, 0.29) is 11.8 Å². The molecule has 1 aromatic rings. The molecule has 0 aromatic heterocycles. The first-order chi connectivity index (χ1) is 8.62. The summed E-state index contributed by atoms with van der Waals surface area (Å²) in [6.07, 6.45) is -4.95. The van der Waals surface area contributed by atoms with E-state index in [9.17, 15) is 18.0 Å². The second kappa shape index (κ2) is 5.81. The smallest absolute Gasteiger partial charge is 0.471 e. The van der Waals surface area contributed by atoms with Crippen molar-refractivity contribution in [2.75, 3.05) is 11.9 Å². The standard InChI is InChI=1S/C12H13BrF3NO2/c1-7(2)19-10-5-4-8(6-9(10)13)17(3)11(18)12(14,15)16/h4-7H,1-3H3. The van der Waals surface area contributed by atoms with Gasteiger partial charge >= 0.3 is 12.1 Å². The number of hydrogen-bond donors (Lipinski definition) is 0. The number of halogens is 4. The Morgan fingerprint density at radius 2 is 1.95 bits per heavy atom. The summed E-state index contributed by atoms with van der Waals surface area (Å²) in [5, 5.41) is 0. The largest absolute Gasteiger partial charge is 0.490 e. The number of carbonyl (C=O) groups is 1. The third-order valence-corrected chi connectivity index (χ3v) is 2.83. The monoisotopic (exact) mass is 339 g/mol. The molecule has 106 valence electrons. The Kier molecular flexibility index (Phi) is 4.84. The molecular weight excluding hydrogens is 327 g/mol. The molecule has 0 unspecified atom stereocenters. The van der Waals surface area contributed by atoms with Crippen molar-refractivity contribution < 1.29 is 22.7 Å². The molecule has 0 N–H and O–H groups in total. The topological polar surface area (TPSA) is 29.5 Å². The lowest BCUT2D eigenvalue weighted by molar-refractivity contribution is -0.170. The minimum absolute atomic E-state index is 0.0586. The van der Waals surface area contributed by atoms with E-state index in [1.807, 2.05) is 13.8 Å². The maximum atomic E-state index is 12.3. The Labute approximate surface area is 117 Å². The van der Waals surface area contributed by atoms with Gasteiger partial charge in [-0.05, 0) is 48.0 Å². The molecule has 0 spiro atoms. The fourth-order valence-electron chi connectivity index (χ4n) is 1.36. The van der Waals surface area contributed by atoms with Crippen molar-refractivity contribution >= 4 is 27.5 Å². The van der Waals surface area contributed by atoms with E-state index in [0.29, 0.717) is 15.1 Å². The van der Waals surface area contributed by atoms with Crippen LogP contribution in [0.3, 0.4) is 0 Å². The van der Waals surface area contributed by atoms with Crippen LogP contribution >= 0.6 is 15.9 Å². The van der Waals surface area contributed by atoms with Crippen LogP contribution in [-0.2, 0) is 4.79 Å². The SMILES string of the molecule is CC(C)Oc1ccc(N(C)C(=O)C(F)(F)F)cc1Br. The fraction of sp³-hybridized carbons (Fsp3) is 0.417. The molecule has 3 nitrogen and oxygen atoms in total. The summed E-state index contributed by atoms with van der Waals surface area (Å²) in [7, 11) is 1.07. The van der Waals surface area contributed by atoms with Gasteiger partial charge in [0.1, 0.15) is 5.75 Å². The quantitative estimate of drug-likeness (QED) is 0.839. The lowest BCUT2D eigenvalue weighted by Gasteiger charge is -2.20. The summed E-state index contributed by atoms with van der Waals surface area (Å²) in [6.45, 7) is 3.67. The molecule has 1 aromatic carbocycles. The Hall–Kier alpha value is -1.24. The Morgan fingerprint density at radius 3 is 2.37 bits per heavy atom. The Morgan fingerprint density at radius 1 is 1.37 bits per heavy atom. The molecule has 0 atom stereocenters. The molecule has 0 bridgehead atoms. The highest BCUT2D eigenvalue weighted by molar-refractivity contribution is 9.10. The van der Waals surface area contributed by atoms with Crippen molar-refractivity contribution in [3.05, 3.63) is 22.7 Å². The van der Waals surface area contributed by atoms with Gasteiger partial charge in [0.05, 0.1) is 10.6 Å². The number of ether oxygens (including phenoxy) is 1. The van der Waals surface area contributed by atoms with Gasteiger partial charge in [0.2, 0.25) is 0 Å². The minimum atomic E-state index is -4.89. The van der Waals surface area contributed by atoms with Crippen LogP contribution in [0.2, 0.25) is 0 Å². The number of anilines is 1. The van der Waals surface area contributed by atoms with E-state index >= 15 is 0 Å². The average molecular weight is 340 g/mol. The lowest BCUT2D eigenvalue weighted by atomic mass is 10.2. The van der Waals surface area contributed by atoms with Gasteiger partial charge in [-0.25, -0.2) is 0 Å². The molecule has 1 rings (SSSR count). The van der Waals surface area contributed by atoms with Crippen LogP contribution in [0.1, 0.15) is 13.8 Å². The van der Waals surface area contributed by atoms with E-state index in [1.165, 1.54) is 18.2 Å². The zero-order chi connectivity index (χ0) is 14.8. The highest BCUT2D eigenvalue weighted by Crippen LogP contribution is 2.31.